The molecule has 21 heavy (non-hydrogen) atoms. The van der Waals surface area contributed by atoms with Crippen LogP contribution in [-0.4, -0.2) is 0 Å². The Morgan fingerprint density at radius 3 is 2.24 bits per heavy atom. The number of hydrogen-bond acceptors (Lipinski definition) is 0. The van der Waals surface area contributed by atoms with Crippen molar-refractivity contribution in [3.8, 4) is 0 Å². The van der Waals surface area contributed by atoms with E-state index in [2.05, 4.69) is 53.3 Å². The maximum Gasteiger partial charge on any atom is -0.0164 e. The lowest BCUT2D eigenvalue weighted by molar-refractivity contribution is 0.377. The maximum absolute atomic E-state index is 4.01. The molecule has 0 heterocycles. The fourth-order valence-corrected chi connectivity index (χ4v) is 3.20. The molecule has 0 amide bonds. The van der Waals surface area contributed by atoms with Crippen molar-refractivity contribution < 1.29 is 0 Å². The van der Waals surface area contributed by atoms with E-state index in [-0.39, 0.29) is 0 Å². The quantitative estimate of drug-likeness (QED) is 0.243. The van der Waals surface area contributed by atoms with E-state index in [1.807, 2.05) is 0 Å². The van der Waals surface area contributed by atoms with Gasteiger partial charge in [-0.05, 0) is 43.4 Å². The Balaban J connectivity index is 4.85. The van der Waals surface area contributed by atoms with Gasteiger partial charge in [0.2, 0.25) is 0 Å². The van der Waals surface area contributed by atoms with Gasteiger partial charge in [0.25, 0.3) is 0 Å². The van der Waals surface area contributed by atoms with Crippen LogP contribution < -0.4 is 0 Å². The second-order valence-electron chi connectivity index (χ2n) is 6.86. The molecule has 0 radical (unpaired) electrons. The van der Waals surface area contributed by atoms with Crippen LogP contribution in [0, 0.1) is 17.8 Å². The minimum Gasteiger partial charge on any atom is -0.103 e. The molecule has 0 aromatic rings. The summed E-state index contributed by atoms with van der Waals surface area (Å²) < 4.78 is 0. The van der Waals surface area contributed by atoms with E-state index in [1.165, 1.54) is 51.4 Å². The Morgan fingerprint density at radius 2 is 1.71 bits per heavy atom. The van der Waals surface area contributed by atoms with Gasteiger partial charge in [0.1, 0.15) is 0 Å². The van der Waals surface area contributed by atoms with E-state index in [1.54, 1.807) is 5.57 Å². The predicted octanol–water partition coefficient (Wildman–Crippen LogP) is 7.56. The summed E-state index contributed by atoms with van der Waals surface area (Å²) in [6, 6.07) is 0. The van der Waals surface area contributed by atoms with Gasteiger partial charge in [0.05, 0.1) is 0 Å². The second-order valence-corrected chi connectivity index (χ2v) is 6.86. The third-order valence-electron chi connectivity index (χ3n) is 4.78. The minimum absolute atomic E-state index is 0.723. The van der Waals surface area contributed by atoms with Crippen LogP contribution in [0.1, 0.15) is 92.4 Å². The highest BCUT2D eigenvalue weighted by molar-refractivity contribution is 5.12. The maximum atomic E-state index is 4.01. The predicted molar refractivity (Wildman–Crippen MR) is 98.7 cm³/mol. The lowest BCUT2D eigenvalue weighted by Gasteiger charge is -2.27. The third kappa shape index (κ3) is 9.17. The standard InChI is InChI=1S/C21H40/c1-7-11-13-16-21(19(6)10-4)20(14-9-3)17-18(5)15-12-8-2/h9,16,18-20H,3,7-8,10-15,17H2,1-2,4-6H3. The van der Waals surface area contributed by atoms with Crippen LogP contribution in [-0.2, 0) is 0 Å². The lowest BCUT2D eigenvalue weighted by Crippen LogP contribution is -2.14. The number of unbranched alkanes of at least 4 members (excludes halogenated alkanes) is 3. The summed E-state index contributed by atoms with van der Waals surface area (Å²) in [6.07, 6.45) is 16.4. The first-order valence-electron chi connectivity index (χ1n) is 9.41. The Hall–Kier alpha value is -0.520. The van der Waals surface area contributed by atoms with Crippen LogP contribution >= 0.6 is 0 Å². The summed E-state index contributed by atoms with van der Waals surface area (Å²) >= 11 is 0. The van der Waals surface area contributed by atoms with Gasteiger partial charge in [-0.1, -0.05) is 84.4 Å². The molecule has 0 aromatic heterocycles. The molecular formula is C21H40. The fourth-order valence-electron chi connectivity index (χ4n) is 3.20. The van der Waals surface area contributed by atoms with Crippen LogP contribution in [0.5, 0.6) is 0 Å². The van der Waals surface area contributed by atoms with Crippen LogP contribution in [0.4, 0.5) is 0 Å². The molecule has 0 nitrogen and oxygen atoms in total. The summed E-state index contributed by atoms with van der Waals surface area (Å²) in [5.74, 6) is 2.29. The van der Waals surface area contributed by atoms with E-state index in [9.17, 15) is 0 Å². The van der Waals surface area contributed by atoms with Crippen molar-refractivity contribution in [1.82, 2.24) is 0 Å². The molecule has 0 saturated carbocycles. The topological polar surface area (TPSA) is 0 Å². The summed E-state index contributed by atoms with van der Waals surface area (Å²) in [4.78, 5) is 0. The minimum atomic E-state index is 0.723. The zero-order valence-corrected chi connectivity index (χ0v) is 15.5. The molecule has 0 aliphatic rings. The highest BCUT2D eigenvalue weighted by atomic mass is 14.2. The molecule has 0 heteroatoms. The first-order valence-corrected chi connectivity index (χ1v) is 9.41. The Kier molecular flexibility index (Phi) is 12.8. The largest absolute Gasteiger partial charge is 0.103 e. The van der Waals surface area contributed by atoms with E-state index < -0.39 is 0 Å². The Morgan fingerprint density at radius 1 is 1.05 bits per heavy atom. The summed E-state index contributed by atoms with van der Waals surface area (Å²) in [5, 5.41) is 0. The van der Waals surface area contributed by atoms with Gasteiger partial charge in [-0.25, -0.2) is 0 Å². The van der Waals surface area contributed by atoms with Crippen LogP contribution in [0.15, 0.2) is 24.3 Å². The molecule has 3 unspecified atom stereocenters. The zero-order valence-electron chi connectivity index (χ0n) is 15.5. The highest BCUT2D eigenvalue weighted by Crippen LogP contribution is 2.33. The van der Waals surface area contributed by atoms with Gasteiger partial charge in [-0.2, -0.15) is 0 Å². The molecule has 0 aromatic carbocycles. The second kappa shape index (κ2) is 13.2. The fraction of sp³-hybridized carbons (Fsp3) is 0.810. The molecule has 0 N–H and O–H groups in total. The molecular weight excluding hydrogens is 252 g/mol. The molecule has 3 atom stereocenters. The normalized spacial score (nSPS) is 16.5. The van der Waals surface area contributed by atoms with Gasteiger partial charge in [0, 0.05) is 0 Å². The molecule has 0 saturated heterocycles. The van der Waals surface area contributed by atoms with Gasteiger partial charge in [-0.15, -0.1) is 6.58 Å². The molecule has 0 aliphatic heterocycles. The third-order valence-corrected chi connectivity index (χ3v) is 4.78. The van der Waals surface area contributed by atoms with Gasteiger partial charge in [-0.3, -0.25) is 0 Å². The van der Waals surface area contributed by atoms with Crippen molar-refractivity contribution in [2.45, 2.75) is 92.4 Å². The van der Waals surface area contributed by atoms with Crippen molar-refractivity contribution in [2.24, 2.45) is 17.8 Å². The number of allylic oxidation sites excluding steroid dienone is 3. The zero-order chi connectivity index (χ0) is 16.1. The number of rotatable bonds is 13. The summed E-state index contributed by atoms with van der Waals surface area (Å²) in [5.41, 5.74) is 1.72. The van der Waals surface area contributed by atoms with Crippen LogP contribution in [0.3, 0.4) is 0 Å². The molecule has 0 fully saturated rings. The van der Waals surface area contributed by atoms with Gasteiger partial charge >= 0.3 is 0 Å². The Labute approximate surface area is 135 Å². The smallest absolute Gasteiger partial charge is 0.0164 e. The summed E-state index contributed by atoms with van der Waals surface area (Å²) in [7, 11) is 0. The molecule has 124 valence electrons. The molecule has 0 bridgehead atoms. The van der Waals surface area contributed by atoms with E-state index >= 15 is 0 Å². The van der Waals surface area contributed by atoms with Crippen molar-refractivity contribution in [3.05, 3.63) is 24.3 Å². The van der Waals surface area contributed by atoms with Crippen molar-refractivity contribution in [2.75, 3.05) is 0 Å². The monoisotopic (exact) mass is 292 g/mol. The van der Waals surface area contributed by atoms with E-state index in [4.69, 9.17) is 0 Å². The van der Waals surface area contributed by atoms with Crippen LogP contribution in [0.25, 0.3) is 0 Å². The summed E-state index contributed by atoms with van der Waals surface area (Å²) in [6.45, 7) is 15.8. The van der Waals surface area contributed by atoms with Gasteiger partial charge in [0.15, 0.2) is 0 Å². The van der Waals surface area contributed by atoms with Gasteiger partial charge < -0.3 is 0 Å². The van der Waals surface area contributed by atoms with Crippen molar-refractivity contribution in [3.63, 3.8) is 0 Å². The molecule has 0 spiro atoms. The highest BCUT2D eigenvalue weighted by Gasteiger charge is 2.19. The molecule has 0 aliphatic carbocycles. The first-order chi connectivity index (χ1) is 10.1. The average molecular weight is 293 g/mol. The Bertz CT molecular complexity index is 274. The number of hydrogen-bond donors (Lipinski definition) is 0. The lowest BCUT2D eigenvalue weighted by atomic mass is 9.79. The van der Waals surface area contributed by atoms with Crippen molar-refractivity contribution in [1.29, 1.82) is 0 Å². The van der Waals surface area contributed by atoms with Crippen LogP contribution in [0.2, 0.25) is 0 Å². The van der Waals surface area contributed by atoms with Crippen molar-refractivity contribution >= 4 is 0 Å². The first kappa shape index (κ1) is 20.5. The SMILES string of the molecule is C=CCC(CC(C)CCCC)C(=CCCCC)C(C)CC. The van der Waals surface area contributed by atoms with E-state index in [0.29, 0.717) is 0 Å². The average Bonchev–Trinajstić information content (AvgIpc) is 2.48. The molecule has 0 rings (SSSR count). The van der Waals surface area contributed by atoms with E-state index in [0.717, 1.165) is 24.2 Å².